The van der Waals surface area contributed by atoms with E-state index in [1.54, 1.807) is 49.6 Å². The highest BCUT2D eigenvalue weighted by atomic mass is 35.5. The summed E-state index contributed by atoms with van der Waals surface area (Å²) in [5.41, 5.74) is 1.12. The van der Waals surface area contributed by atoms with Crippen LogP contribution >= 0.6 is 11.6 Å². The zero-order valence-corrected chi connectivity index (χ0v) is 13.3. The zero-order chi connectivity index (χ0) is 16.4. The SMILES string of the molecule is COc1ccc(NC(=O)c2cc3cc(Cl)ccc3o2)c(OC)c1. The minimum Gasteiger partial charge on any atom is -0.497 e. The molecule has 23 heavy (non-hydrogen) atoms. The molecule has 0 aliphatic heterocycles. The summed E-state index contributed by atoms with van der Waals surface area (Å²) in [6, 6.07) is 11.9. The van der Waals surface area contributed by atoms with Crippen LogP contribution in [0, 0.1) is 0 Å². The second-order valence-corrected chi connectivity index (χ2v) is 5.25. The molecule has 0 radical (unpaired) electrons. The third-order valence-electron chi connectivity index (χ3n) is 3.36. The highest BCUT2D eigenvalue weighted by molar-refractivity contribution is 6.31. The van der Waals surface area contributed by atoms with E-state index in [4.69, 9.17) is 25.5 Å². The van der Waals surface area contributed by atoms with Gasteiger partial charge in [-0.15, -0.1) is 0 Å². The fourth-order valence-corrected chi connectivity index (χ4v) is 2.39. The molecule has 5 nitrogen and oxygen atoms in total. The quantitative estimate of drug-likeness (QED) is 0.771. The van der Waals surface area contributed by atoms with Gasteiger partial charge in [-0.1, -0.05) is 11.6 Å². The number of halogens is 1. The van der Waals surface area contributed by atoms with E-state index >= 15 is 0 Å². The molecule has 1 N–H and O–H groups in total. The van der Waals surface area contributed by atoms with Crippen LogP contribution in [0.2, 0.25) is 5.02 Å². The molecule has 1 heterocycles. The predicted octanol–water partition coefficient (Wildman–Crippen LogP) is 4.36. The lowest BCUT2D eigenvalue weighted by molar-refractivity contribution is 0.0998. The summed E-state index contributed by atoms with van der Waals surface area (Å²) in [4.78, 5) is 12.4. The van der Waals surface area contributed by atoms with Gasteiger partial charge in [0.25, 0.3) is 5.91 Å². The fourth-order valence-electron chi connectivity index (χ4n) is 2.21. The molecule has 118 valence electrons. The third kappa shape index (κ3) is 3.10. The number of rotatable bonds is 4. The standard InChI is InChI=1S/C17H14ClNO4/c1-21-12-4-5-13(15(9-12)22-2)19-17(20)16-8-10-7-11(18)3-6-14(10)23-16/h3-9H,1-2H3,(H,19,20). The normalized spacial score (nSPS) is 10.6. The summed E-state index contributed by atoms with van der Waals surface area (Å²) in [5.74, 6) is 0.955. The van der Waals surface area contributed by atoms with Gasteiger partial charge in [0.1, 0.15) is 17.1 Å². The highest BCUT2D eigenvalue weighted by Gasteiger charge is 2.15. The molecule has 3 rings (SSSR count). The molecule has 0 saturated heterocycles. The Morgan fingerprint density at radius 2 is 1.91 bits per heavy atom. The first-order valence-electron chi connectivity index (χ1n) is 6.83. The van der Waals surface area contributed by atoms with Gasteiger partial charge in [0, 0.05) is 16.5 Å². The second kappa shape index (κ2) is 6.22. The molecule has 0 spiro atoms. The zero-order valence-electron chi connectivity index (χ0n) is 12.6. The number of anilines is 1. The van der Waals surface area contributed by atoms with Crippen molar-refractivity contribution in [1.82, 2.24) is 0 Å². The first-order chi connectivity index (χ1) is 11.1. The van der Waals surface area contributed by atoms with Crippen molar-refractivity contribution in [3.8, 4) is 11.5 Å². The van der Waals surface area contributed by atoms with E-state index in [-0.39, 0.29) is 11.7 Å². The van der Waals surface area contributed by atoms with Gasteiger partial charge in [-0.25, -0.2) is 0 Å². The van der Waals surface area contributed by atoms with Gasteiger partial charge in [0.2, 0.25) is 0 Å². The molecule has 0 atom stereocenters. The number of hydrogen-bond donors (Lipinski definition) is 1. The maximum absolute atomic E-state index is 12.4. The Labute approximate surface area is 137 Å². The Balaban J connectivity index is 1.88. The maximum atomic E-state index is 12.4. The van der Waals surface area contributed by atoms with Crippen molar-refractivity contribution in [3.05, 3.63) is 53.2 Å². The van der Waals surface area contributed by atoms with Crippen LogP contribution in [0.3, 0.4) is 0 Å². The molecule has 0 aliphatic rings. The molecule has 0 aliphatic carbocycles. The van der Waals surface area contributed by atoms with E-state index in [1.165, 1.54) is 7.11 Å². The van der Waals surface area contributed by atoms with Crippen LogP contribution in [0.15, 0.2) is 46.9 Å². The molecule has 0 bridgehead atoms. The van der Waals surface area contributed by atoms with E-state index in [0.717, 1.165) is 5.39 Å². The smallest absolute Gasteiger partial charge is 0.291 e. The van der Waals surface area contributed by atoms with Crippen LogP contribution in [-0.4, -0.2) is 20.1 Å². The van der Waals surface area contributed by atoms with Gasteiger partial charge in [-0.05, 0) is 36.4 Å². The molecular weight excluding hydrogens is 318 g/mol. The van der Waals surface area contributed by atoms with E-state index in [0.29, 0.717) is 27.8 Å². The molecule has 0 saturated carbocycles. The van der Waals surface area contributed by atoms with Crippen molar-refractivity contribution in [1.29, 1.82) is 0 Å². The van der Waals surface area contributed by atoms with E-state index in [1.807, 2.05) is 0 Å². The number of methoxy groups -OCH3 is 2. The average molecular weight is 332 g/mol. The van der Waals surface area contributed by atoms with E-state index in [9.17, 15) is 4.79 Å². The Morgan fingerprint density at radius 3 is 2.65 bits per heavy atom. The van der Waals surface area contributed by atoms with Crippen molar-refractivity contribution >= 4 is 34.2 Å². The first-order valence-corrected chi connectivity index (χ1v) is 7.21. The number of carbonyl (C=O) groups excluding carboxylic acids is 1. The predicted molar refractivity (Wildman–Crippen MR) is 88.7 cm³/mol. The summed E-state index contributed by atoms with van der Waals surface area (Å²) in [5, 5.41) is 4.11. The molecule has 3 aromatic rings. The largest absolute Gasteiger partial charge is 0.497 e. The third-order valence-corrected chi connectivity index (χ3v) is 3.59. The van der Waals surface area contributed by atoms with Gasteiger partial charge in [-0.3, -0.25) is 4.79 Å². The maximum Gasteiger partial charge on any atom is 0.291 e. The van der Waals surface area contributed by atoms with Gasteiger partial charge in [0.15, 0.2) is 5.76 Å². The Bertz CT molecular complexity index is 872. The number of amides is 1. The minimum atomic E-state index is -0.374. The lowest BCUT2D eigenvalue weighted by atomic mass is 10.2. The summed E-state index contributed by atoms with van der Waals surface area (Å²) in [6.07, 6.45) is 0. The van der Waals surface area contributed by atoms with Crippen molar-refractivity contribution in [2.75, 3.05) is 19.5 Å². The molecule has 6 heteroatoms. The number of hydrogen-bond acceptors (Lipinski definition) is 4. The van der Waals surface area contributed by atoms with Crippen LogP contribution in [0.5, 0.6) is 11.5 Å². The van der Waals surface area contributed by atoms with Crippen LogP contribution in [0.4, 0.5) is 5.69 Å². The summed E-state index contributed by atoms with van der Waals surface area (Å²) >= 11 is 5.93. The van der Waals surface area contributed by atoms with Gasteiger partial charge < -0.3 is 19.2 Å². The summed E-state index contributed by atoms with van der Waals surface area (Å²) in [7, 11) is 3.08. The van der Waals surface area contributed by atoms with Gasteiger partial charge in [0.05, 0.1) is 19.9 Å². The molecule has 1 aromatic heterocycles. The molecule has 2 aromatic carbocycles. The lowest BCUT2D eigenvalue weighted by Crippen LogP contribution is -2.11. The summed E-state index contributed by atoms with van der Waals surface area (Å²) in [6.45, 7) is 0. The van der Waals surface area contributed by atoms with E-state index in [2.05, 4.69) is 5.32 Å². The van der Waals surface area contributed by atoms with Crippen LogP contribution in [0.25, 0.3) is 11.0 Å². The van der Waals surface area contributed by atoms with Crippen LogP contribution < -0.4 is 14.8 Å². The highest BCUT2D eigenvalue weighted by Crippen LogP contribution is 2.30. The van der Waals surface area contributed by atoms with Crippen LogP contribution in [0.1, 0.15) is 10.6 Å². The monoisotopic (exact) mass is 331 g/mol. The average Bonchev–Trinajstić information content (AvgIpc) is 2.98. The fraction of sp³-hybridized carbons (Fsp3) is 0.118. The van der Waals surface area contributed by atoms with Crippen molar-refractivity contribution in [2.45, 2.75) is 0 Å². The first kappa shape index (κ1) is 15.2. The van der Waals surface area contributed by atoms with Crippen molar-refractivity contribution in [3.63, 3.8) is 0 Å². The number of fused-ring (bicyclic) bond motifs is 1. The molecule has 0 unspecified atom stereocenters. The second-order valence-electron chi connectivity index (χ2n) is 4.81. The number of carbonyl (C=O) groups is 1. The minimum absolute atomic E-state index is 0.195. The lowest BCUT2D eigenvalue weighted by Gasteiger charge is -2.10. The Hall–Kier alpha value is -2.66. The van der Waals surface area contributed by atoms with Crippen molar-refractivity contribution < 1.29 is 18.7 Å². The molecular formula is C17H14ClNO4. The Kier molecular flexibility index (Phi) is 4.12. The van der Waals surface area contributed by atoms with Crippen LogP contribution in [-0.2, 0) is 0 Å². The number of benzene rings is 2. The molecule has 0 fully saturated rings. The molecule has 1 amide bonds. The number of ether oxygens (including phenoxy) is 2. The van der Waals surface area contributed by atoms with Gasteiger partial charge in [-0.2, -0.15) is 0 Å². The van der Waals surface area contributed by atoms with Crippen molar-refractivity contribution in [2.24, 2.45) is 0 Å². The topological polar surface area (TPSA) is 60.7 Å². The van der Waals surface area contributed by atoms with E-state index < -0.39 is 0 Å². The number of furan rings is 1. The summed E-state index contributed by atoms with van der Waals surface area (Å²) < 4.78 is 15.9. The Morgan fingerprint density at radius 1 is 1.09 bits per heavy atom. The van der Waals surface area contributed by atoms with Gasteiger partial charge >= 0.3 is 0 Å². The number of nitrogens with one attached hydrogen (secondary N) is 1.